The third-order valence-electron chi connectivity index (χ3n) is 2.41. The predicted molar refractivity (Wildman–Crippen MR) is 74.9 cm³/mol. The number of nitrogens with one attached hydrogen (secondary N) is 1. The van der Waals surface area contributed by atoms with Gasteiger partial charge in [-0.2, -0.15) is 0 Å². The largest absolute Gasteiger partial charge is 0.384 e. The van der Waals surface area contributed by atoms with E-state index in [9.17, 15) is 4.79 Å². The van der Waals surface area contributed by atoms with E-state index in [-0.39, 0.29) is 19.1 Å². The summed E-state index contributed by atoms with van der Waals surface area (Å²) in [7, 11) is 0. The lowest BCUT2D eigenvalue weighted by molar-refractivity contribution is -0.120. The van der Waals surface area contributed by atoms with Crippen LogP contribution >= 0.6 is 0 Å². The van der Waals surface area contributed by atoms with E-state index in [1.54, 1.807) is 6.07 Å². The first-order valence-electron chi connectivity index (χ1n) is 6.25. The fourth-order valence-electron chi connectivity index (χ4n) is 1.48. The molecule has 0 aromatic heterocycles. The van der Waals surface area contributed by atoms with E-state index in [0.29, 0.717) is 12.3 Å². The summed E-state index contributed by atoms with van der Waals surface area (Å²) in [4.78, 5) is 11.6. The molecule has 0 fully saturated rings. The molecule has 0 aliphatic rings. The van der Waals surface area contributed by atoms with Crippen molar-refractivity contribution in [3.8, 4) is 11.8 Å². The molecule has 1 amide bonds. The van der Waals surface area contributed by atoms with Crippen molar-refractivity contribution in [2.24, 2.45) is 0 Å². The van der Waals surface area contributed by atoms with Crippen LogP contribution in [0.5, 0.6) is 0 Å². The summed E-state index contributed by atoms with van der Waals surface area (Å²) in [6.45, 7) is 4.37. The van der Waals surface area contributed by atoms with E-state index in [2.05, 4.69) is 17.2 Å². The summed E-state index contributed by atoms with van der Waals surface area (Å²) in [6, 6.07) is 5.48. The van der Waals surface area contributed by atoms with Gasteiger partial charge in [0.25, 0.3) is 0 Å². The van der Waals surface area contributed by atoms with E-state index in [0.717, 1.165) is 17.5 Å². The Morgan fingerprint density at radius 3 is 2.95 bits per heavy atom. The monoisotopic (exact) mass is 261 g/mol. The minimum Gasteiger partial charge on any atom is -0.384 e. The first-order chi connectivity index (χ1) is 9.17. The van der Waals surface area contributed by atoms with Crippen LogP contribution in [0.1, 0.15) is 24.5 Å². The normalized spacial score (nSPS) is 9.63. The van der Waals surface area contributed by atoms with Gasteiger partial charge in [-0.05, 0) is 31.0 Å². The van der Waals surface area contributed by atoms with Crippen LogP contribution in [0.3, 0.4) is 0 Å². The second kappa shape index (κ2) is 8.30. The van der Waals surface area contributed by atoms with Gasteiger partial charge in [-0.15, -0.1) is 0 Å². The van der Waals surface area contributed by atoms with Crippen LogP contribution in [0.15, 0.2) is 18.2 Å². The quantitative estimate of drug-likeness (QED) is 0.626. The summed E-state index contributed by atoms with van der Waals surface area (Å²) in [6.07, 6.45) is 0.888. The molecule has 0 bridgehead atoms. The highest BCUT2D eigenvalue weighted by Crippen LogP contribution is 2.14. The summed E-state index contributed by atoms with van der Waals surface area (Å²) in [5, 5.41) is 11.4. The van der Waals surface area contributed by atoms with Crippen molar-refractivity contribution < 1.29 is 14.6 Å². The molecular weight excluding hydrogens is 242 g/mol. The molecule has 0 saturated carbocycles. The first-order valence-corrected chi connectivity index (χ1v) is 6.25. The number of aliphatic hydroxyl groups excluding tert-OH is 1. The van der Waals surface area contributed by atoms with Crippen molar-refractivity contribution in [3.05, 3.63) is 29.3 Å². The van der Waals surface area contributed by atoms with Crippen molar-refractivity contribution in [1.29, 1.82) is 0 Å². The van der Waals surface area contributed by atoms with E-state index < -0.39 is 0 Å². The number of hydrogen-bond donors (Lipinski definition) is 2. The van der Waals surface area contributed by atoms with Gasteiger partial charge in [-0.25, -0.2) is 0 Å². The van der Waals surface area contributed by atoms with E-state index in [1.807, 2.05) is 26.0 Å². The molecule has 1 rings (SSSR count). The predicted octanol–water partition coefficient (Wildman–Crippen LogP) is 1.70. The van der Waals surface area contributed by atoms with Crippen LogP contribution in [-0.4, -0.2) is 30.8 Å². The number of ether oxygens (including phenoxy) is 1. The molecule has 0 aliphatic carbocycles. The van der Waals surface area contributed by atoms with Crippen LogP contribution in [0.2, 0.25) is 0 Å². The lowest BCUT2D eigenvalue weighted by Crippen LogP contribution is -2.18. The molecule has 0 unspecified atom stereocenters. The zero-order valence-corrected chi connectivity index (χ0v) is 11.3. The number of rotatable bonds is 5. The topological polar surface area (TPSA) is 58.6 Å². The molecule has 0 saturated heterocycles. The van der Waals surface area contributed by atoms with Gasteiger partial charge in [0.05, 0.1) is 0 Å². The fraction of sp³-hybridized carbons (Fsp3) is 0.400. The SMILES string of the molecule is CCCOCC(=O)Nc1ccc(C)c(C#CCO)c1. The third kappa shape index (κ3) is 5.56. The highest BCUT2D eigenvalue weighted by atomic mass is 16.5. The van der Waals surface area contributed by atoms with Crippen LogP contribution in [0, 0.1) is 18.8 Å². The molecule has 0 heterocycles. The number of amides is 1. The van der Waals surface area contributed by atoms with E-state index >= 15 is 0 Å². The van der Waals surface area contributed by atoms with Crippen LogP contribution < -0.4 is 5.32 Å². The smallest absolute Gasteiger partial charge is 0.250 e. The number of hydrogen-bond acceptors (Lipinski definition) is 3. The Morgan fingerprint density at radius 2 is 2.26 bits per heavy atom. The number of carbonyl (C=O) groups excluding carboxylic acids is 1. The number of benzene rings is 1. The lowest BCUT2D eigenvalue weighted by atomic mass is 10.1. The van der Waals surface area contributed by atoms with Crippen LogP contribution in [-0.2, 0) is 9.53 Å². The van der Waals surface area contributed by atoms with Crippen molar-refractivity contribution in [2.45, 2.75) is 20.3 Å². The number of anilines is 1. The van der Waals surface area contributed by atoms with Gasteiger partial charge in [-0.3, -0.25) is 4.79 Å². The summed E-state index contributed by atoms with van der Waals surface area (Å²) < 4.78 is 5.16. The molecule has 1 aromatic carbocycles. The minimum atomic E-state index is -0.182. The van der Waals surface area contributed by atoms with Gasteiger partial charge in [0.2, 0.25) is 5.91 Å². The summed E-state index contributed by atoms with van der Waals surface area (Å²) in [5.41, 5.74) is 2.47. The molecular formula is C15H19NO3. The molecule has 1 aromatic rings. The Hall–Kier alpha value is -1.83. The molecule has 0 aliphatic heterocycles. The summed E-state index contributed by atoms with van der Waals surface area (Å²) >= 11 is 0. The second-order valence-electron chi connectivity index (χ2n) is 4.09. The van der Waals surface area contributed by atoms with Crippen molar-refractivity contribution >= 4 is 11.6 Å². The van der Waals surface area contributed by atoms with Gasteiger partial charge in [0.15, 0.2) is 0 Å². The average molecular weight is 261 g/mol. The molecule has 4 heteroatoms. The number of carbonyl (C=O) groups is 1. The molecule has 102 valence electrons. The molecule has 4 nitrogen and oxygen atoms in total. The average Bonchev–Trinajstić information content (AvgIpc) is 2.39. The zero-order valence-electron chi connectivity index (χ0n) is 11.3. The Labute approximate surface area is 113 Å². The Morgan fingerprint density at radius 1 is 1.47 bits per heavy atom. The highest BCUT2D eigenvalue weighted by Gasteiger charge is 2.03. The van der Waals surface area contributed by atoms with E-state index in [4.69, 9.17) is 9.84 Å². The van der Waals surface area contributed by atoms with Crippen molar-refractivity contribution in [1.82, 2.24) is 0 Å². The Balaban J connectivity index is 2.66. The number of aryl methyl sites for hydroxylation is 1. The van der Waals surface area contributed by atoms with Crippen molar-refractivity contribution in [2.75, 3.05) is 25.1 Å². The Bertz CT molecular complexity index is 486. The maximum atomic E-state index is 11.6. The summed E-state index contributed by atoms with van der Waals surface area (Å²) in [5.74, 6) is 5.26. The molecule has 0 radical (unpaired) electrons. The maximum Gasteiger partial charge on any atom is 0.250 e. The van der Waals surface area contributed by atoms with Gasteiger partial charge in [0.1, 0.15) is 13.2 Å². The van der Waals surface area contributed by atoms with Gasteiger partial charge in [0, 0.05) is 17.9 Å². The lowest BCUT2D eigenvalue weighted by Gasteiger charge is -2.07. The van der Waals surface area contributed by atoms with Gasteiger partial charge in [-0.1, -0.05) is 24.8 Å². The highest BCUT2D eigenvalue weighted by molar-refractivity contribution is 5.91. The minimum absolute atomic E-state index is 0.0549. The van der Waals surface area contributed by atoms with Crippen LogP contribution in [0.4, 0.5) is 5.69 Å². The maximum absolute atomic E-state index is 11.6. The van der Waals surface area contributed by atoms with Crippen molar-refractivity contribution in [3.63, 3.8) is 0 Å². The van der Waals surface area contributed by atoms with Crippen LogP contribution in [0.25, 0.3) is 0 Å². The standard InChI is InChI=1S/C15H19NO3/c1-3-9-19-11-15(18)16-14-7-6-12(2)13(10-14)5-4-8-17/h6-7,10,17H,3,8-9,11H2,1-2H3,(H,16,18). The fourth-order valence-corrected chi connectivity index (χ4v) is 1.48. The molecule has 0 spiro atoms. The third-order valence-corrected chi connectivity index (χ3v) is 2.41. The van der Waals surface area contributed by atoms with Gasteiger partial charge < -0.3 is 15.2 Å². The molecule has 2 N–H and O–H groups in total. The molecule has 0 atom stereocenters. The Kier molecular flexibility index (Phi) is 6.65. The second-order valence-corrected chi connectivity index (χ2v) is 4.09. The number of aliphatic hydroxyl groups is 1. The van der Waals surface area contributed by atoms with Gasteiger partial charge >= 0.3 is 0 Å². The van der Waals surface area contributed by atoms with E-state index in [1.165, 1.54) is 0 Å². The molecule has 19 heavy (non-hydrogen) atoms. The first kappa shape index (κ1) is 15.2. The zero-order chi connectivity index (χ0) is 14.1.